The van der Waals surface area contributed by atoms with Gasteiger partial charge in [0.25, 0.3) is 0 Å². The van der Waals surface area contributed by atoms with Crippen molar-refractivity contribution in [1.82, 2.24) is 5.32 Å². The quantitative estimate of drug-likeness (QED) is 0.874. The second-order valence-electron chi connectivity index (χ2n) is 4.26. The number of halogens is 2. The van der Waals surface area contributed by atoms with E-state index in [1.165, 1.54) is 21.4 Å². The fraction of sp³-hybridized carbons (Fsp3) is 0.286. The predicted molar refractivity (Wildman–Crippen MR) is 75.7 cm³/mol. The smallest absolute Gasteiger partial charge is 0.129 e. The summed E-state index contributed by atoms with van der Waals surface area (Å²) in [6.07, 6.45) is 0. The fourth-order valence-electron chi connectivity index (χ4n) is 1.75. The second kappa shape index (κ2) is 5.83. The molecule has 1 heterocycles. The van der Waals surface area contributed by atoms with Crippen LogP contribution >= 0.6 is 22.9 Å². The van der Waals surface area contributed by atoms with E-state index in [-0.39, 0.29) is 5.82 Å². The van der Waals surface area contributed by atoms with Gasteiger partial charge in [-0.05, 0) is 37.6 Å². The molecule has 0 fully saturated rings. The Morgan fingerprint density at radius 2 is 2.06 bits per heavy atom. The van der Waals surface area contributed by atoms with Crippen molar-refractivity contribution >= 4 is 22.9 Å². The maximum absolute atomic E-state index is 13.5. The molecule has 1 nitrogen and oxygen atoms in total. The van der Waals surface area contributed by atoms with Crippen LogP contribution in [0.2, 0.25) is 5.02 Å². The highest BCUT2D eigenvalue weighted by Gasteiger charge is 2.07. The first-order valence-electron chi connectivity index (χ1n) is 5.77. The van der Waals surface area contributed by atoms with Gasteiger partial charge in [-0.15, -0.1) is 11.3 Å². The minimum atomic E-state index is -0.256. The van der Waals surface area contributed by atoms with E-state index in [4.69, 9.17) is 11.6 Å². The molecular formula is C14H15ClFNS. The highest BCUT2D eigenvalue weighted by atomic mass is 35.5. The third-order valence-electron chi connectivity index (χ3n) is 2.88. The van der Waals surface area contributed by atoms with Crippen LogP contribution in [0.4, 0.5) is 4.39 Å². The van der Waals surface area contributed by atoms with Crippen molar-refractivity contribution in [3.05, 3.63) is 56.0 Å². The van der Waals surface area contributed by atoms with E-state index in [2.05, 4.69) is 25.2 Å². The predicted octanol–water partition coefficient (Wildman–Crippen LogP) is 4.45. The van der Waals surface area contributed by atoms with Gasteiger partial charge in [0.2, 0.25) is 0 Å². The van der Waals surface area contributed by atoms with Crippen LogP contribution in [0, 0.1) is 19.7 Å². The van der Waals surface area contributed by atoms with Crippen molar-refractivity contribution in [2.24, 2.45) is 0 Å². The summed E-state index contributed by atoms with van der Waals surface area (Å²) in [4.78, 5) is 2.59. The van der Waals surface area contributed by atoms with Crippen LogP contribution in [0.15, 0.2) is 24.3 Å². The number of benzene rings is 1. The maximum Gasteiger partial charge on any atom is 0.129 e. The lowest BCUT2D eigenvalue weighted by atomic mass is 10.2. The molecule has 0 spiro atoms. The lowest BCUT2D eigenvalue weighted by Crippen LogP contribution is -2.13. The van der Waals surface area contributed by atoms with Gasteiger partial charge in [-0.3, -0.25) is 0 Å². The van der Waals surface area contributed by atoms with Crippen LogP contribution in [0.3, 0.4) is 0 Å². The average Bonchev–Trinajstić information content (AvgIpc) is 2.62. The SMILES string of the molecule is Cc1cc(CNCc2c(F)cccc2Cl)sc1C. The molecule has 0 radical (unpaired) electrons. The molecule has 18 heavy (non-hydrogen) atoms. The van der Waals surface area contributed by atoms with E-state index in [9.17, 15) is 4.39 Å². The lowest BCUT2D eigenvalue weighted by Gasteiger charge is -2.06. The Morgan fingerprint density at radius 1 is 1.28 bits per heavy atom. The molecule has 0 aliphatic rings. The molecular weight excluding hydrogens is 269 g/mol. The molecule has 0 unspecified atom stereocenters. The molecule has 96 valence electrons. The van der Waals surface area contributed by atoms with Gasteiger partial charge in [-0.25, -0.2) is 4.39 Å². The van der Waals surface area contributed by atoms with Crippen LogP contribution in [-0.2, 0) is 13.1 Å². The standard InChI is InChI=1S/C14H15ClFNS/c1-9-6-11(18-10(9)2)7-17-8-12-13(15)4-3-5-14(12)16/h3-6,17H,7-8H2,1-2H3. The van der Waals surface area contributed by atoms with Crippen molar-refractivity contribution in [2.45, 2.75) is 26.9 Å². The van der Waals surface area contributed by atoms with E-state index in [1.54, 1.807) is 23.5 Å². The van der Waals surface area contributed by atoms with Crippen molar-refractivity contribution in [2.75, 3.05) is 0 Å². The first-order valence-corrected chi connectivity index (χ1v) is 6.97. The number of thiophene rings is 1. The van der Waals surface area contributed by atoms with E-state index < -0.39 is 0 Å². The summed E-state index contributed by atoms with van der Waals surface area (Å²) in [6.45, 7) is 5.39. The van der Waals surface area contributed by atoms with E-state index in [0.717, 1.165) is 6.54 Å². The molecule has 2 aromatic rings. The average molecular weight is 284 g/mol. The topological polar surface area (TPSA) is 12.0 Å². The molecule has 1 N–H and O–H groups in total. The molecule has 1 aromatic heterocycles. The lowest BCUT2D eigenvalue weighted by molar-refractivity contribution is 0.589. The Bertz CT molecular complexity index is 511. The van der Waals surface area contributed by atoms with E-state index >= 15 is 0 Å². The third kappa shape index (κ3) is 3.10. The normalized spacial score (nSPS) is 10.9. The largest absolute Gasteiger partial charge is 0.308 e. The Labute approximate surface area is 116 Å². The molecule has 0 saturated heterocycles. The molecule has 0 bridgehead atoms. The molecule has 0 aliphatic carbocycles. The Kier molecular flexibility index (Phi) is 4.38. The number of nitrogens with one attached hydrogen (secondary N) is 1. The van der Waals surface area contributed by atoms with E-state index in [0.29, 0.717) is 17.1 Å². The highest BCUT2D eigenvalue weighted by Crippen LogP contribution is 2.21. The Hall–Kier alpha value is -0.900. The minimum absolute atomic E-state index is 0.256. The Balaban J connectivity index is 1.96. The zero-order valence-electron chi connectivity index (χ0n) is 10.4. The number of aryl methyl sites for hydroxylation is 2. The molecule has 0 atom stereocenters. The number of hydrogen-bond donors (Lipinski definition) is 1. The number of hydrogen-bond acceptors (Lipinski definition) is 2. The molecule has 0 amide bonds. The van der Waals surface area contributed by atoms with Crippen LogP contribution in [0.1, 0.15) is 20.9 Å². The van der Waals surface area contributed by atoms with Crippen LogP contribution in [0.5, 0.6) is 0 Å². The second-order valence-corrected chi connectivity index (χ2v) is 6.00. The maximum atomic E-state index is 13.5. The summed E-state index contributed by atoms with van der Waals surface area (Å²) in [7, 11) is 0. The summed E-state index contributed by atoms with van der Waals surface area (Å²) in [5.74, 6) is -0.256. The van der Waals surface area contributed by atoms with Crippen molar-refractivity contribution < 1.29 is 4.39 Å². The molecule has 1 aromatic carbocycles. The first-order chi connectivity index (χ1) is 8.58. The van der Waals surface area contributed by atoms with Crippen molar-refractivity contribution in [1.29, 1.82) is 0 Å². The molecule has 2 rings (SSSR count). The van der Waals surface area contributed by atoms with Gasteiger partial charge in [-0.1, -0.05) is 17.7 Å². The van der Waals surface area contributed by atoms with Crippen LogP contribution in [0.25, 0.3) is 0 Å². The summed E-state index contributed by atoms with van der Waals surface area (Å²) in [5, 5.41) is 3.70. The summed E-state index contributed by atoms with van der Waals surface area (Å²) in [6, 6.07) is 6.92. The van der Waals surface area contributed by atoms with Crippen LogP contribution in [-0.4, -0.2) is 0 Å². The Morgan fingerprint density at radius 3 is 2.67 bits per heavy atom. The van der Waals surface area contributed by atoms with Gasteiger partial charge in [0.05, 0.1) is 0 Å². The van der Waals surface area contributed by atoms with Crippen molar-refractivity contribution in [3.63, 3.8) is 0 Å². The van der Waals surface area contributed by atoms with Gasteiger partial charge in [0, 0.05) is 33.4 Å². The molecule has 0 aliphatic heterocycles. The van der Waals surface area contributed by atoms with E-state index in [1.807, 2.05) is 0 Å². The third-order valence-corrected chi connectivity index (χ3v) is 4.39. The van der Waals surface area contributed by atoms with Gasteiger partial charge >= 0.3 is 0 Å². The van der Waals surface area contributed by atoms with Gasteiger partial charge < -0.3 is 5.32 Å². The fourth-order valence-corrected chi connectivity index (χ4v) is 3.00. The summed E-state index contributed by atoms with van der Waals surface area (Å²) < 4.78 is 13.5. The summed E-state index contributed by atoms with van der Waals surface area (Å²) in [5.41, 5.74) is 1.84. The summed E-state index contributed by atoms with van der Waals surface area (Å²) >= 11 is 7.73. The van der Waals surface area contributed by atoms with Gasteiger partial charge in [0.1, 0.15) is 5.82 Å². The minimum Gasteiger partial charge on any atom is -0.308 e. The van der Waals surface area contributed by atoms with Gasteiger partial charge in [0.15, 0.2) is 0 Å². The molecule has 0 saturated carbocycles. The van der Waals surface area contributed by atoms with Crippen LogP contribution < -0.4 is 5.32 Å². The van der Waals surface area contributed by atoms with Crippen molar-refractivity contribution in [3.8, 4) is 0 Å². The van der Waals surface area contributed by atoms with Gasteiger partial charge in [-0.2, -0.15) is 0 Å². The number of rotatable bonds is 4. The highest BCUT2D eigenvalue weighted by molar-refractivity contribution is 7.12. The zero-order chi connectivity index (χ0) is 13.1. The first kappa shape index (κ1) is 13.5. The molecule has 4 heteroatoms. The zero-order valence-corrected chi connectivity index (χ0v) is 12.0. The monoisotopic (exact) mass is 283 g/mol.